The number of hydrogen-bond donors (Lipinski definition) is 2. The molecule has 3 rings (SSSR count). The fourth-order valence-corrected chi connectivity index (χ4v) is 4.68. The van der Waals surface area contributed by atoms with Crippen LogP contribution in [0.2, 0.25) is 0 Å². The van der Waals surface area contributed by atoms with Gasteiger partial charge in [-0.05, 0) is 32.1 Å². The highest BCUT2D eigenvalue weighted by Crippen LogP contribution is 2.54. The van der Waals surface area contributed by atoms with Crippen LogP contribution in [0.1, 0.15) is 58.7 Å². The predicted molar refractivity (Wildman–Crippen MR) is 121 cm³/mol. The highest BCUT2D eigenvalue weighted by atomic mass is 127. The lowest BCUT2D eigenvalue weighted by Gasteiger charge is -2.54. The number of aromatic nitrogens is 2. The van der Waals surface area contributed by atoms with Gasteiger partial charge in [-0.1, -0.05) is 26.7 Å². The van der Waals surface area contributed by atoms with E-state index in [1.807, 2.05) is 13.2 Å². The maximum absolute atomic E-state index is 6.02. The number of imidazole rings is 1. The van der Waals surface area contributed by atoms with Gasteiger partial charge in [-0.2, -0.15) is 0 Å². The molecule has 2 aliphatic carbocycles. The van der Waals surface area contributed by atoms with Crippen LogP contribution in [0.15, 0.2) is 17.4 Å². The van der Waals surface area contributed by atoms with Crippen LogP contribution in [0.5, 0.6) is 0 Å². The molecule has 7 heteroatoms. The lowest BCUT2D eigenvalue weighted by molar-refractivity contribution is -0.125. The Morgan fingerprint density at radius 1 is 1.41 bits per heavy atom. The number of halogens is 1. The molecule has 0 aromatic carbocycles. The smallest absolute Gasteiger partial charge is 0.191 e. The Balaban J connectivity index is 0.00000261. The Bertz CT molecular complexity index is 609. The minimum Gasteiger partial charge on any atom is -0.378 e. The van der Waals surface area contributed by atoms with Crippen molar-refractivity contribution in [3.63, 3.8) is 0 Å². The van der Waals surface area contributed by atoms with E-state index >= 15 is 0 Å². The predicted octanol–water partition coefficient (Wildman–Crippen LogP) is 3.56. The van der Waals surface area contributed by atoms with Gasteiger partial charge in [0.1, 0.15) is 5.82 Å². The van der Waals surface area contributed by atoms with Crippen molar-refractivity contribution in [1.82, 2.24) is 20.2 Å². The van der Waals surface area contributed by atoms with Gasteiger partial charge in [0.2, 0.25) is 0 Å². The van der Waals surface area contributed by atoms with E-state index in [1.165, 1.54) is 25.7 Å². The maximum atomic E-state index is 6.02. The van der Waals surface area contributed by atoms with Gasteiger partial charge in [0.05, 0.1) is 12.6 Å². The zero-order chi connectivity index (χ0) is 18.6. The molecule has 0 saturated heterocycles. The Kier molecular flexibility index (Phi) is 8.39. The van der Waals surface area contributed by atoms with Crippen LogP contribution in [-0.4, -0.2) is 41.3 Å². The molecule has 1 aromatic rings. The van der Waals surface area contributed by atoms with Crippen LogP contribution < -0.4 is 10.6 Å². The molecular weight excluding hydrogens is 453 g/mol. The summed E-state index contributed by atoms with van der Waals surface area (Å²) in [6.45, 7) is 9.04. The van der Waals surface area contributed by atoms with Gasteiger partial charge in [0.25, 0.3) is 0 Å². The largest absolute Gasteiger partial charge is 0.378 e. The zero-order valence-corrected chi connectivity index (χ0v) is 19.5. The Hall–Kier alpha value is -0.830. The number of guanidine groups is 1. The van der Waals surface area contributed by atoms with Crippen molar-refractivity contribution in [2.75, 3.05) is 13.7 Å². The molecule has 2 atom stereocenters. The first-order valence-corrected chi connectivity index (χ1v) is 10.2. The Morgan fingerprint density at radius 3 is 2.78 bits per heavy atom. The van der Waals surface area contributed by atoms with E-state index in [0.717, 1.165) is 31.4 Å². The molecule has 0 radical (unpaired) electrons. The molecule has 0 amide bonds. The van der Waals surface area contributed by atoms with Crippen LogP contribution in [0.4, 0.5) is 0 Å². The van der Waals surface area contributed by atoms with Gasteiger partial charge in [-0.15, -0.1) is 24.0 Å². The first-order valence-electron chi connectivity index (χ1n) is 10.2. The van der Waals surface area contributed by atoms with Crippen molar-refractivity contribution in [1.29, 1.82) is 0 Å². The molecule has 1 heterocycles. The van der Waals surface area contributed by atoms with Crippen LogP contribution in [0, 0.1) is 11.3 Å². The van der Waals surface area contributed by atoms with E-state index in [-0.39, 0.29) is 24.0 Å². The van der Waals surface area contributed by atoms with Crippen LogP contribution in [-0.2, 0) is 17.8 Å². The topological polar surface area (TPSA) is 63.5 Å². The molecule has 1 aromatic heterocycles. The van der Waals surface area contributed by atoms with Gasteiger partial charge in [-0.25, -0.2) is 4.98 Å². The molecule has 0 bridgehead atoms. The molecular formula is C20H36IN5O. The molecule has 2 aliphatic rings. The highest BCUT2D eigenvalue weighted by Gasteiger charge is 2.56. The molecule has 0 aliphatic heterocycles. The first-order chi connectivity index (χ1) is 12.6. The monoisotopic (exact) mass is 489 g/mol. The van der Waals surface area contributed by atoms with Crippen molar-refractivity contribution in [2.24, 2.45) is 16.3 Å². The summed E-state index contributed by atoms with van der Waals surface area (Å²) >= 11 is 0. The lowest BCUT2D eigenvalue weighted by Crippen LogP contribution is -2.65. The third kappa shape index (κ3) is 4.96. The van der Waals surface area contributed by atoms with Gasteiger partial charge in [0, 0.05) is 44.0 Å². The number of rotatable bonds is 7. The van der Waals surface area contributed by atoms with E-state index < -0.39 is 0 Å². The molecule has 2 unspecified atom stereocenters. The number of hydrogen-bond acceptors (Lipinski definition) is 3. The van der Waals surface area contributed by atoms with Gasteiger partial charge >= 0.3 is 0 Å². The second kappa shape index (κ2) is 10.1. The minimum atomic E-state index is 0. The van der Waals surface area contributed by atoms with Crippen LogP contribution in [0.3, 0.4) is 0 Å². The van der Waals surface area contributed by atoms with Gasteiger partial charge in [-0.3, -0.25) is 4.99 Å². The number of aliphatic imine (C=N–C) groups is 1. The van der Waals surface area contributed by atoms with Crippen LogP contribution in [0.25, 0.3) is 0 Å². The maximum Gasteiger partial charge on any atom is 0.191 e. The minimum absolute atomic E-state index is 0. The Morgan fingerprint density at radius 2 is 2.15 bits per heavy atom. The van der Waals surface area contributed by atoms with E-state index in [0.29, 0.717) is 30.0 Å². The van der Waals surface area contributed by atoms with E-state index in [9.17, 15) is 0 Å². The van der Waals surface area contributed by atoms with Crippen molar-refractivity contribution in [3.8, 4) is 0 Å². The summed E-state index contributed by atoms with van der Waals surface area (Å²) in [7, 11) is 1.84. The fourth-order valence-electron chi connectivity index (χ4n) is 4.68. The first kappa shape index (κ1) is 22.5. The zero-order valence-electron chi connectivity index (χ0n) is 17.2. The summed E-state index contributed by atoms with van der Waals surface area (Å²) < 4.78 is 8.24. The summed E-state index contributed by atoms with van der Waals surface area (Å²) in [5.74, 6) is 2.53. The average molecular weight is 489 g/mol. The van der Waals surface area contributed by atoms with E-state index in [4.69, 9.17) is 4.74 Å². The molecule has 27 heavy (non-hydrogen) atoms. The molecule has 2 N–H and O–H groups in total. The molecule has 154 valence electrons. The van der Waals surface area contributed by atoms with Crippen molar-refractivity contribution in [3.05, 3.63) is 18.2 Å². The SMILES string of the molecule is CCOC1CC(NC(=NC)NCc2nccn2CC(C)C)C12CCCC2.I. The van der Waals surface area contributed by atoms with E-state index in [1.54, 1.807) is 0 Å². The van der Waals surface area contributed by atoms with Gasteiger partial charge < -0.3 is 19.9 Å². The quantitative estimate of drug-likeness (QED) is 0.349. The second-order valence-electron chi connectivity index (χ2n) is 8.13. The number of nitrogens with zero attached hydrogens (tertiary/aromatic N) is 3. The molecule has 6 nitrogen and oxygen atoms in total. The Labute approximate surface area is 181 Å². The standard InChI is InChI=1S/C20H35N5O.HI/c1-5-26-17-12-16(20(17)8-6-7-9-20)24-19(21-4)23-13-18-22-10-11-25(18)14-15(2)3;/h10-11,15-17H,5-9,12-14H2,1-4H3,(H2,21,23,24);1H. The van der Waals surface area contributed by atoms with Crippen molar-refractivity contribution < 1.29 is 4.74 Å². The third-order valence-corrected chi connectivity index (χ3v) is 6.00. The van der Waals surface area contributed by atoms with Crippen molar-refractivity contribution in [2.45, 2.75) is 78.1 Å². The van der Waals surface area contributed by atoms with E-state index in [2.05, 4.69) is 52.1 Å². The lowest BCUT2D eigenvalue weighted by atomic mass is 9.60. The van der Waals surface area contributed by atoms with Crippen LogP contribution >= 0.6 is 24.0 Å². The molecule has 1 spiro atoms. The highest BCUT2D eigenvalue weighted by molar-refractivity contribution is 14.0. The average Bonchev–Trinajstić information content (AvgIpc) is 3.27. The normalized spacial score (nSPS) is 24.0. The summed E-state index contributed by atoms with van der Waals surface area (Å²) in [6, 6.07) is 0.461. The number of ether oxygens (including phenoxy) is 1. The summed E-state index contributed by atoms with van der Waals surface area (Å²) in [4.78, 5) is 8.94. The summed E-state index contributed by atoms with van der Waals surface area (Å²) in [5.41, 5.74) is 0.309. The number of nitrogens with one attached hydrogen (secondary N) is 2. The summed E-state index contributed by atoms with van der Waals surface area (Å²) in [6.07, 6.45) is 10.6. The fraction of sp³-hybridized carbons (Fsp3) is 0.800. The van der Waals surface area contributed by atoms with Gasteiger partial charge in [0.15, 0.2) is 5.96 Å². The second-order valence-corrected chi connectivity index (χ2v) is 8.13. The third-order valence-electron chi connectivity index (χ3n) is 6.00. The molecule has 2 fully saturated rings. The van der Waals surface area contributed by atoms with Crippen molar-refractivity contribution >= 4 is 29.9 Å². The summed E-state index contributed by atoms with van der Waals surface area (Å²) in [5, 5.41) is 7.12. The molecule has 2 saturated carbocycles.